The zero-order valence-electron chi connectivity index (χ0n) is 21.9. The lowest BCUT2D eigenvalue weighted by Crippen LogP contribution is -2.40. The predicted octanol–water partition coefficient (Wildman–Crippen LogP) is 4.20. The van der Waals surface area contributed by atoms with Crippen molar-refractivity contribution in [3.05, 3.63) is 83.9 Å². The maximum atomic E-state index is 13.7. The van der Waals surface area contributed by atoms with Gasteiger partial charge in [-0.15, -0.1) is 0 Å². The van der Waals surface area contributed by atoms with Crippen molar-refractivity contribution in [1.29, 1.82) is 0 Å². The van der Waals surface area contributed by atoms with E-state index < -0.39 is 22.5 Å². The minimum Gasteiger partial charge on any atom is -0.497 e. The molecule has 1 amide bonds. The molecular formula is C29H35N3O5S. The minimum atomic E-state index is -4.08. The molecule has 3 aromatic carbocycles. The molecule has 0 spiro atoms. The highest BCUT2D eigenvalue weighted by Gasteiger charge is 2.29. The lowest BCUT2D eigenvalue weighted by Gasteiger charge is -2.26. The van der Waals surface area contributed by atoms with Crippen molar-refractivity contribution in [1.82, 2.24) is 10.2 Å². The normalized spacial score (nSPS) is 14.1. The molecule has 1 N–H and O–H groups in total. The Kier molecular flexibility index (Phi) is 9.25. The van der Waals surface area contributed by atoms with Crippen LogP contribution in [0.1, 0.15) is 30.4 Å². The molecule has 0 saturated carbocycles. The van der Waals surface area contributed by atoms with E-state index in [1.54, 1.807) is 36.4 Å². The zero-order chi connectivity index (χ0) is 27.0. The summed E-state index contributed by atoms with van der Waals surface area (Å²) >= 11 is 0. The van der Waals surface area contributed by atoms with Gasteiger partial charge < -0.3 is 14.8 Å². The lowest BCUT2D eigenvalue weighted by molar-refractivity contribution is -0.119. The Morgan fingerprint density at radius 2 is 1.53 bits per heavy atom. The Bertz CT molecular complexity index is 1300. The van der Waals surface area contributed by atoms with E-state index in [4.69, 9.17) is 9.47 Å². The van der Waals surface area contributed by atoms with Crippen LogP contribution in [0.2, 0.25) is 0 Å². The number of rotatable bonds is 11. The van der Waals surface area contributed by atoms with Crippen LogP contribution in [-0.4, -0.2) is 53.1 Å². The van der Waals surface area contributed by atoms with E-state index >= 15 is 0 Å². The first-order valence-electron chi connectivity index (χ1n) is 12.8. The van der Waals surface area contributed by atoms with Gasteiger partial charge in [0.05, 0.1) is 24.8 Å². The Morgan fingerprint density at radius 1 is 0.868 bits per heavy atom. The molecule has 0 unspecified atom stereocenters. The van der Waals surface area contributed by atoms with Gasteiger partial charge in [0.2, 0.25) is 5.91 Å². The molecular weight excluding hydrogens is 502 g/mol. The summed E-state index contributed by atoms with van der Waals surface area (Å²) in [5.74, 6) is 0.458. The number of benzene rings is 3. The van der Waals surface area contributed by atoms with Gasteiger partial charge in [-0.25, -0.2) is 8.42 Å². The molecule has 202 valence electrons. The molecule has 0 atom stereocenters. The highest BCUT2D eigenvalue weighted by atomic mass is 32.2. The number of para-hydroxylation sites is 2. The first-order chi connectivity index (χ1) is 18.4. The quantitative estimate of drug-likeness (QED) is 0.395. The van der Waals surface area contributed by atoms with E-state index in [2.05, 4.69) is 22.3 Å². The average molecular weight is 538 g/mol. The van der Waals surface area contributed by atoms with Gasteiger partial charge in [0.15, 0.2) is 0 Å². The molecule has 1 aliphatic rings. The van der Waals surface area contributed by atoms with Crippen LogP contribution in [0.25, 0.3) is 0 Å². The average Bonchev–Trinajstić information content (AvgIpc) is 2.96. The number of hydrogen-bond donors (Lipinski definition) is 1. The number of likely N-dealkylation sites (tertiary alicyclic amines) is 1. The summed E-state index contributed by atoms with van der Waals surface area (Å²) in [6, 6.07) is 21.0. The van der Waals surface area contributed by atoms with Gasteiger partial charge >= 0.3 is 0 Å². The summed E-state index contributed by atoms with van der Waals surface area (Å²) in [6.07, 6.45) is 3.82. The smallest absolute Gasteiger partial charge is 0.264 e. The molecule has 8 nitrogen and oxygen atoms in total. The summed E-state index contributed by atoms with van der Waals surface area (Å²) in [5.41, 5.74) is 2.47. The van der Waals surface area contributed by atoms with E-state index in [1.165, 1.54) is 51.2 Å². The van der Waals surface area contributed by atoms with Crippen LogP contribution in [0.4, 0.5) is 5.69 Å². The fraction of sp³-hybridized carbons (Fsp3) is 0.345. The minimum absolute atomic E-state index is 0.0429. The molecule has 0 aromatic heterocycles. The van der Waals surface area contributed by atoms with E-state index in [9.17, 15) is 13.2 Å². The molecule has 3 aromatic rings. The van der Waals surface area contributed by atoms with E-state index in [1.807, 2.05) is 12.1 Å². The monoisotopic (exact) mass is 537 g/mol. The van der Waals surface area contributed by atoms with Crippen molar-refractivity contribution < 1.29 is 22.7 Å². The highest BCUT2D eigenvalue weighted by molar-refractivity contribution is 7.92. The third-order valence-electron chi connectivity index (χ3n) is 6.66. The summed E-state index contributed by atoms with van der Waals surface area (Å²) in [7, 11) is -1.10. The Labute approximate surface area is 225 Å². The second-order valence-electron chi connectivity index (χ2n) is 9.29. The van der Waals surface area contributed by atoms with Crippen molar-refractivity contribution in [3.63, 3.8) is 0 Å². The fourth-order valence-electron chi connectivity index (χ4n) is 4.54. The van der Waals surface area contributed by atoms with Crippen molar-refractivity contribution >= 4 is 21.6 Å². The number of hydrogen-bond acceptors (Lipinski definition) is 6. The molecule has 4 rings (SSSR count). The number of carbonyl (C=O) groups excluding carboxylic acids is 1. The second-order valence-corrected chi connectivity index (χ2v) is 11.2. The van der Waals surface area contributed by atoms with Crippen LogP contribution in [-0.2, 0) is 27.9 Å². The third kappa shape index (κ3) is 6.85. The summed E-state index contributed by atoms with van der Waals surface area (Å²) in [4.78, 5) is 15.5. The van der Waals surface area contributed by atoms with E-state index in [0.717, 1.165) is 29.5 Å². The Morgan fingerprint density at radius 3 is 2.18 bits per heavy atom. The summed E-state index contributed by atoms with van der Waals surface area (Å²) in [6.45, 7) is 3.11. The van der Waals surface area contributed by atoms with Gasteiger partial charge in [-0.1, -0.05) is 42.8 Å². The standard InChI is InChI=1S/C29H35N3O5S/c1-36-25-14-16-26(17-15-25)38(34,35)32(27-8-4-5-9-28(27)37-2)22-29(33)30-20-23-10-12-24(13-11-23)21-31-18-6-3-7-19-31/h4-5,8-17H,3,6-7,18-22H2,1-2H3,(H,30,33). The number of sulfonamides is 1. The molecule has 1 saturated heterocycles. The van der Waals surface area contributed by atoms with Gasteiger partial charge in [-0.3, -0.25) is 14.0 Å². The molecule has 9 heteroatoms. The number of carbonyl (C=O) groups is 1. The van der Waals surface area contributed by atoms with Crippen molar-refractivity contribution in [2.24, 2.45) is 0 Å². The molecule has 1 heterocycles. The van der Waals surface area contributed by atoms with Crippen molar-refractivity contribution in [2.45, 2.75) is 37.2 Å². The van der Waals surface area contributed by atoms with Gasteiger partial charge in [0.1, 0.15) is 18.0 Å². The van der Waals surface area contributed by atoms with Gasteiger partial charge in [0, 0.05) is 13.1 Å². The number of nitrogens with one attached hydrogen (secondary N) is 1. The van der Waals surface area contributed by atoms with Crippen LogP contribution in [0, 0.1) is 0 Å². The second kappa shape index (κ2) is 12.8. The molecule has 0 aliphatic carbocycles. The van der Waals surface area contributed by atoms with Crippen molar-refractivity contribution in [2.75, 3.05) is 38.2 Å². The number of methoxy groups -OCH3 is 2. The van der Waals surface area contributed by atoms with Crippen LogP contribution in [0.5, 0.6) is 11.5 Å². The third-order valence-corrected chi connectivity index (χ3v) is 8.43. The molecule has 38 heavy (non-hydrogen) atoms. The Hall–Kier alpha value is -3.56. The largest absolute Gasteiger partial charge is 0.497 e. The topological polar surface area (TPSA) is 88.2 Å². The predicted molar refractivity (Wildman–Crippen MR) is 148 cm³/mol. The van der Waals surface area contributed by atoms with Crippen LogP contribution in [0.3, 0.4) is 0 Å². The first kappa shape index (κ1) is 27.5. The number of nitrogens with zero attached hydrogens (tertiary/aromatic N) is 2. The van der Waals surface area contributed by atoms with Gasteiger partial charge in [-0.05, 0) is 73.5 Å². The van der Waals surface area contributed by atoms with Gasteiger partial charge in [0.25, 0.3) is 10.0 Å². The van der Waals surface area contributed by atoms with Crippen LogP contribution < -0.4 is 19.1 Å². The zero-order valence-corrected chi connectivity index (χ0v) is 22.7. The highest BCUT2D eigenvalue weighted by Crippen LogP contribution is 2.32. The fourth-order valence-corrected chi connectivity index (χ4v) is 5.97. The van der Waals surface area contributed by atoms with Crippen LogP contribution >= 0.6 is 0 Å². The Balaban J connectivity index is 1.46. The molecule has 1 aliphatic heterocycles. The number of ether oxygens (including phenoxy) is 2. The van der Waals surface area contributed by atoms with E-state index in [-0.39, 0.29) is 10.6 Å². The molecule has 0 radical (unpaired) electrons. The molecule has 1 fully saturated rings. The molecule has 0 bridgehead atoms. The van der Waals surface area contributed by atoms with E-state index in [0.29, 0.717) is 18.0 Å². The maximum Gasteiger partial charge on any atom is 0.264 e. The van der Waals surface area contributed by atoms with Gasteiger partial charge in [-0.2, -0.15) is 0 Å². The first-order valence-corrected chi connectivity index (χ1v) is 14.2. The number of amides is 1. The lowest BCUT2D eigenvalue weighted by atomic mass is 10.1. The summed E-state index contributed by atoms with van der Waals surface area (Å²) < 4.78 is 38.9. The number of piperidine rings is 1. The SMILES string of the molecule is COc1ccc(S(=O)(=O)N(CC(=O)NCc2ccc(CN3CCCCC3)cc2)c2ccccc2OC)cc1. The number of anilines is 1. The maximum absolute atomic E-state index is 13.7. The van der Waals surface area contributed by atoms with Crippen molar-refractivity contribution in [3.8, 4) is 11.5 Å². The summed E-state index contributed by atoms with van der Waals surface area (Å²) in [5, 5.41) is 2.86. The van der Waals surface area contributed by atoms with Crippen LogP contribution in [0.15, 0.2) is 77.7 Å².